The van der Waals surface area contributed by atoms with Gasteiger partial charge in [-0.3, -0.25) is 9.59 Å². The molecule has 0 heterocycles. The topological polar surface area (TPSA) is 587 Å². The van der Waals surface area contributed by atoms with Crippen LogP contribution in [-0.4, -0.2) is 115 Å². The molecule has 35 nitrogen and oxygen atoms in total. The Morgan fingerprint density at radius 1 is 0.495 bits per heavy atom. The van der Waals surface area contributed by atoms with Crippen LogP contribution >= 0.6 is 0 Å². The number of nitrogens with zero attached hydrogens (tertiary/aromatic N) is 8. The number of azo groups is 4. The third-order valence-electron chi connectivity index (χ3n) is 10.7. The average molecular weight is 1390 g/mol. The molecule has 0 bridgehead atoms. The van der Waals surface area contributed by atoms with E-state index in [0.29, 0.717) is 18.2 Å². The molecule has 0 aliphatic heterocycles. The second-order valence-electron chi connectivity index (χ2n) is 15.9. The van der Waals surface area contributed by atoms with E-state index in [0.717, 1.165) is 54.6 Å². The molecule has 0 spiro atoms. The van der Waals surface area contributed by atoms with Crippen LogP contribution in [0.2, 0.25) is 0 Å². The van der Waals surface area contributed by atoms with E-state index in [1.54, 1.807) is 0 Å². The van der Waals surface area contributed by atoms with Crippen molar-refractivity contribution in [2.45, 2.75) is 14.7 Å². The van der Waals surface area contributed by atoms with Crippen molar-refractivity contribution in [3.63, 3.8) is 0 Å². The van der Waals surface area contributed by atoms with E-state index in [1.165, 1.54) is 18.2 Å². The molecule has 0 aromatic heterocycles. The van der Waals surface area contributed by atoms with E-state index in [1.807, 2.05) is 0 Å². The van der Waals surface area contributed by atoms with Gasteiger partial charge in [0.05, 0.1) is 59.3 Å². The fourth-order valence-electron chi connectivity index (χ4n) is 7.41. The van der Waals surface area contributed by atoms with Gasteiger partial charge in [0.1, 0.15) is 53.2 Å². The minimum absolute atomic E-state index is 0. The number of ether oxygens (including phenoxy) is 2. The summed E-state index contributed by atoms with van der Waals surface area (Å²) < 4.78 is 174. The van der Waals surface area contributed by atoms with Gasteiger partial charge in [0.25, 0.3) is 12.9 Å². The number of fused-ring (bicyclic) bond motifs is 3. The third-order valence-corrected chi connectivity index (χ3v) is 13.3. The summed E-state index contributed by atoms with van der Waals surface area (Å²) >= 11 is 0. The van der Waals surface area contributed by atoms with Gasteiger partial charge < -0.3 is 54.4 Å². The summed E-state index contributed by atoms with van der Waals surface area (Å²) in [5, 5.41) is 81.8. The predicted molar refractivity (Wildman–Crippen MR) is 279 cm³/mol. The van der Waals surface area contributed by atoms with Crippen LogP contribution in [0.25, 0.3) is 32.3 Å². The van der Waals surface area contributed by atoms with Crippen molar-refractivity contribution in [1.82, 2.24) is 0 Å². The molecule has 8 aromatic carbocycles. The molecule has 444 valence electrons. The zero-order valence-electron chi connectivity index (χ0n) is 46.3. The molecule has 0 unspecified atom stereocenters. The first-order valence-corrected chi connectivity index (χ1v) is 28.0. The SMILES string of the molecule is Nc1ccc(N=Nc2ccc(S(=O)(=O)[O-])c3cc(S(=O)(=O)[O-])c(N=Nc4cc(OC=O)cc(C(=O)O)c4)c(O)c23)c2cc(S(=O)(=O)[O-])c(N=Nc3cc[c-]c4c[c-]c(N=Nc5cc(OC=O)cc(C(=O)O)c5)c(O)c34)c(O)c12.O=S(=O)=O.O=S(=O)=O.[Na+].[Na+].[Na+].[Na+].[Na+]. The van der Waals surface area contributed by atoms with Crippen molar-refractivity contribution in [3.05, 3.63) is 114 Å². The number of aromatic hydroxyl groups is 3. The van der Waals surface area contributed by atoms with Crippen molar-refractivity contribution in [1.29, 1.82) is 0 Å². The molecule has 0 aliphatic carbocycles. The molecule has 91 heavy (non-hydrogen) atoms. The number of aromatic carboxylic acids is 2. The number of phenolic OH excluding ortho intramolecular Hbond substituents is 3. The number of hydrogen-bond acceptors (Lipinski definition) is 33. The number of carbonyl (C=O) groups is 4. The first kappa shape index (κ1) is 83.0. The molecule has 0 amide bonds. The van der Waals surface area contributed by atoms with Crippen molar-refractivity contribution in [2.75, 3.05) is 5.73 Å². The van der Waals surface area contributed by atoms with Crippen LogP contribution in [0.1, 0.15) is 20.7 Å². The number of benzene rings is 8. The Labute approximate surface area is 622 Å². The van der Waals surface area contributed by atoms with Gasteiger partial charge in [-0.1, -0.05) is 0 Å². The van der Waals surface area contributed by atoms with Gasteiger partial charge in [-0.2, -0.15) is 26.5 Å². The minimum atomic E-state index is -5.77. The number of carbonyl (C=O) groups excluding carboxylic acids is 2. The standard InChI is InChI=1S/C46H27N9O20S3.5Na.2O3S/c47-29-5-7-30(50-51-32-8-9-34(76(65,66)67)28-17-36(78(71,72)73)41(44(60)39(28)32)54-49-24-11-22(46(63)64)13-26(15-24)75-19-57)27-16-35(77(68,69)70)40(43(59)38(27)29)55-52-31-3-1-2-20-4-6-33(42(58)37(20)31)53-48-23-10-21(45(61)62)12-25(14-23)74-18-56;;;;;;2*1-4(2)3/h1,3-5,7-19,58-60H,47H2,(H,61,62)(H,63,64)(H,65,66,67)(H,68,69,70)(H,71,72,73);;;;;;;/q-2;5*+1;;/p-3. The Morgan fingerprint density at radius 2 is 0.912 bits per heavy atom. The summed E-state index contributed by atoms with van der Waals surface area (Å²) in [6.07, 6.45) is 0. The Hall–Kier alpha value is -6.01. The summed E-state index contributed by atoms with van der Waals surface area (Å²) in [6, 6.07) is 19.7. The molecule has 0 fully saturated rings. The Balaban J connectivity index is 0.00000301. The molecule has 0 atom stereocenters. The number of carboxylic acid groups (broad SMARTS) is 2. The Bertz CT molecular complexity index is 4920. The number of carboxylic acids is 2. The summed E-state index contributed by atoms with van der Waals surface area (Å²) in [5.41, 5.74) is 0.542. The summed E-state index contributed by atoms with van der Waals surface area (Å²) in [6.45, 7) is -0.0242. The molecule has 45 heteroatoms. The molecule has 8 rings (SSSR count). The monoisotopic (exact) mass is 1390 g/mol. The van der Waals surface area contributed by atoms with Crippen molar-refractivity contribution >= 4 is 160 Å². The quantitative estimate of drug-likeness (QED) is 0.0123. The summed E-state index contributed by atoms with van der Waals surface area (Å²) in [7, 11) is -23.2. The zero-order chi connectivity index (χ0) is 63.7. The van der Waals surface area contributed by atoms with E-state index in [-0.39, 0.29) is 206 Å². The van der Waals surface area contributed by atoms with Gasteiger partial charge >= 0.3 is 181 Å². The molecule has 7 N–H and O–H groups in total. The summed E-state index contributed by atoms with van der Waals surface area (Å²) in [4.78, 5) is 41.3. The summed E-state index contributed by atoms with van der Waals surface area (Å²) in [5.74, 6) is -6.71. The van der Waals surface area contributed by atoms with Crippen LogP contribution in [0.5, 0.6) is 28.7 Å². The Kier molecular flexibility index (Phi) is 32.2. The molecule has 0 saturated carbocycles. The fourth-order valence-corrected chi connectivity index (χ4v) is 9.34. The van der Waals surface area contributed by atoms with Gasteiger partial charge in [-0.15, -0.1) is 57.2 Å². The molecule has 0 saturated heterocycles. The molecule has 0 radical (unpaired) electrons. The number of rotatable bonds is 17. The largest absolute Gasteiger partial charge is 1.00 e. The first-order valence-electron chi connectivity index (χ1n) is 21.8. The van der Waals surface area contributed by atoms with Crippen LogP contribution in [0.3, 0.4) is 0 Å². The Morgan fingerprint density at radius 3 is 1.38 bits per heavy atom. The van der Waals surface area contributed by atoms with Gasteiger partial charge in [-0.05, 0) is 77.8 Å². The molecular weight excluding hydrogens is 1370 g/mol. The van der Waals surface area contributed by atoms with E-state index >= 15 is 0 Å². The van der Waals surface area contributed by atoms with Crippen LogP contribution in [0, 0.1) is 12.1 Å². The maximum Gasteiger partial charge on any atom is 1.00 e. The first-order chi connectivity index (χ1) is 40.2. The van der Waals surface area contributed by atoms with Gasteiger partial charge in [0.2, 0.25) is 0 Å². The maximum atomic E-state index is 12.9. The smallest absolute Gasteiger partial charge is 0.744 e. The molecule has 0 aliphatic rings. The van der Waals surface area contributed by atoms with Gasteiger partial charge in [0.15, 0.2) is 11.5 Å². The zero-order valence-corrected chi connectivity index (χ0v) is 60.4. The van der Waals surface area contributed by atoms with Crippen LogP contribution < -0.4 is 163 Å². The third kappa shape index (κ3) is 21.3. The van der Waals surface area contributed by atoms with Crippen LogP contribution in [0.15, 0.2) is 147 Å². The molecule has 8 aromatic rings. The minimum Gasteiger partial charge on any atom is -0.744 e. The van der Waals surface area contributed by atoms with Crippen molar-refractivity contribution < 1.29 is 266 Å². The number of nitrogens with two attached hydrogens (primary N) is 1. The second kappa shape index (κ2) is 35.3. The normalized spacial score (nSPS) is 11.2. The number of phenols is 3. The van der Waals surface area contributed by atoms with Crippen LogP contribution in [-0.2, 0) is 61.2 Å². The van der Waals surface area contributed by atoms with E-state index in [4.69, 9.17) is 35.7 Å². The van der Waals surface area contributed by atoms with E-state index < -0.39 is 157 Å². The van der Waals surface area contributed by atoms with Gasteiger partial charge in [-0.25, -0.2) is 58.4 Å². The maximum absolute atomic E-state index is 12.9. The number of hydrogen-bond donors (Lipinski definition) is 6. The van der Waals surface area contributed by atoms with Gasteiger partial charge in [0, 0.05) is 28.6 Å². The molecular formula is C46H24N9Na5O26S5. The van der Waals surface area contributed by atoms with Crippen molar-refractivity contribution in [2.24, 2.45) is 40.9 Å². The van der Waals surface area contributed by atoms with Crippen LogP contribution in [0.4, 0.5) is 51.2 Å². The van der Waals surface area contributed by atoms with E-state index in [2.05, 4.69) is 57.8 Å². The second-order valence-corrected chi connectivity index (χ2v) is 20.8. The predicted octanol–water partition coefficient (Wildman–Crippen LogP) is -8.70. The number of anilines is 1. The van der Waals surface area contributed by atoms with Crippen molar-refractivity contribution in [3.8, 4) is 28.7 Å². The number of nitrogen functional groups attached to an aromatic ring is 1. The van der Waals surface area contributed by atoms with E-state index in [9.17, 15) is 83.6 Å². The fraction of sp³-hybridized carbons (Fsp3) is 0. The average Bonchev–Trinajstić information content (AvgIpc) is 0.792.